The highest BCUT2D eigenvalue weighted by molar-refractivity contribution is 5.97. The number of aromatic nitrogens is 2. The molecule has 0 N–H and O–H groups in total. The van der Waals surface area contributed by atoms with Crippen LogP contribution in [-0.2, 0) is 6.61 Å². The van der Waals surface area contributed by atoms with Gasteiger partial charge in [0.1, 0.15) is 5.75 Å². The average Bonchev–Trinajstić information content (AvgIpc) is 2.80. The number of aryl methyl sites for hydroxylation is 1. The summed E-state index contributed by atoms with van der Waals surface area (Å²) in [6.45, 7) is 3.62. The van der Waals surface area contributed by atoms with Gasteiger partial charge in [-0.05, 0) is 26.0 Å². The number of carbonyl (C=O) groups excluding carboxylic acids is 1. The Morgan fingerprint density at radius 3 is 2.94 bits per heavy atom. The molecule has 5 heteroatoms. The summed E-state index contributed by atoms with van der Waals surface area (Å²) in [5.74, 6) is 0.949. The molecule has 0 radical (unpaired) electrons. The third kappa shape index (κ3) is 2.69. The molecule has 0 saturated heterocycles. The van der Waals surface area contributed by atoms with Crippen LogP contribution >= 0.6 is 0 Å². The van der Waals surface area contributed by atoms with Gasteiger partial charge < -0.3 is 9.26 Å². The molecule has 2 rings (SSSR count). The van der Waals surface area contributed by atoms with Crippen LogP contribution < -0.4 is 4.74 Å². The number of carbonyl (C=O) groups is 1. The van der Waals surface area contributed by atoms with Crippen LogP contribution in [0.15, 0.2) is 29.1 Å². The average molecular weight is 232 g/mol. The van der Waals surface area contributed by atoms with Gasteiger partial charge in [0.05, 0.1) is 5.56 Å². The summed E-state index contributed by atoms with van der Waals surface area (Å²) in [5.41, 5.74) is 1.58. The smallest absolute Gasteiger partial charge is 0.213 e. The lowest BCUT2D eigenvalue weighted by molar-refractivity contribution is 0.101. The Morgan fingerprint density at radius 1 is 1.47 bits per heavy atom. The standard InChI is InChI=1S/C12H12N2O3/c1-8-3-4-11(10(5-8)9(2)15)16-6-12-13-7-17-14-12/h3-5,7H,6H2,1-2H3. The van der Waals surface area contributed by atoms with Crippen molar-refractivity contribution in [2.24, 2.45) is 0 Å². The molecule has 0 aliphatic rings. The summed E-state index contributed by atoms with van der Waals surface area (Å²) in [7, 11) is 0. The van der Waals surface area contributed by atoms with Crippen molar-refractivity contribution in [1.29, 1.82) is 0 Å². The minimum atomic E-state index is -0.0307. The molecular weight excluding hydrogens is 220 g/mol. The SMILES string of the molecule is CC(=O)c1cc(C)ccc1OCc1ncon1. The molecule has 17 heavy (non-hydrogen) atoms. The first-order chi connectivity index (χ1) is 8.16. The van der Waals surface area contributed by atoms with E-state index < -0.39 is 0 Å². The Kier molecular flexibility index (Phi) is 3.18. The van der Waals surface area contributed by atoms with Crippen LogP contribution in [0.1, 0.15) is 28.7 Å². The summed E-state index contributed by atoms with van der Waals surface area (Å²) < 4.78 is 10.1. The fourth-order valence-electron chi connectivity index (χ4n) is 1.44. The van der Waals surface area contributed by atoms with Crippen molar-refractivity contribution in [3.05, 3.63) is 41.5 Å². The summed E-state index contributed by atoms with van der Waals surface area (Å²) in [4.78, 5) is 15.3. The van der Waals surface area contributed by atoms with Gasteiger partial charge in [-0.1, -0.05) is 16.8 Å². The second-order valence-corrected chi connectivity index (χ2v) is 3.69. The fraction of sp³-hybridized carbons (Fsp3) is 0.250. The van der Waals surface area contributed by atoms with Crippen molar-refractivity contribution in [1.82, 2.24) is 10.1 Å². The van der Waals surface area contributed by atoms with Crippen LogP contribution in [0.4, 0.5) is 0 Å². The first-order valence-electron chi connectivity index (χ1n) is 5.16. The number of ether oxygens (including phenoxy) is 1. The molecule has 2 aromatic rings. The number of Topliss-reactive ketones (excluding diaryl/α,β-unsaturated/α-hetero) is 1. The maximum atomic E-state index is 11.4. The van der Waals surface area contributed by atoms with E-state index in [1.165, 1.54) is 13.3 Å². The molecule has 0 spiro atoms. The molecule has 0 amide bonds. The molecule has 0 bridgehead atoms. The van der Waals surface area contributed by atoms with Gasteiger partial charge in [0.15, 0.2) is 12.4 Å². The monoisotopic (exact) mass is 232 g/mol. The van der Waals surface area contributed by atoms with Gasteiger partial charge in [-0.3, -0.25) is 4.79 Å². The van der Waals surface area contributed by atoms with E-state index in [-0.39, 0.29) is 12.4 Å². The zero-order valence-corrected chi connectivity index (χ0v) is 9.64. The quantitative estimate of drug-likeness (QED) is 0.756. The zero-order chi connectivity index (χ0) is 12.3. The largest absolute Gasteiger partial charge is 0.485 e. The van der Waals surface area contributed by atoms with Gasteiger partial charge in [-0.15, -0.1) is 0 Å². The molecule has 1 aromatic carbocycles. The fourth-order valence-corrected chi connectivity index (χ4v) is 1.44. The van der Waals surface area contributed by atoms with E-state index in [2.05, 4.69) is 14.7 Å². The second-order valence-electron chi connectivity index (χ2n) is 3.69. The highest BCUT2D eigenvalue weighted by Crippen LogP contribution is 2.21. The lowest BCUT2D eigenvalue weighted by Gasteiger charge is -2.08. The molecule has 0 saturated carbocycles. The first kappa shape index (κ1) is 11.3. The minimum Gasteiger partial charge on any atom is -0.485 e. The van der Waals surface area contributed by atoms with Crippen LogP contribution in [0.25, 0.3) is 0 Å². The van der Waals surface area contributed by atoms with Crippen LogP contribution in [0.5, 0.6) is 5.75 Å². The van der Waals surface area contributed by atoms with Gasteiger partial charge in [0.2, 0.25) is 12.2 Å². The van der Waals surface area contributed by atoms with Crippen molar-refractivity contribution in [3.8, 4) is 5.75 Å². The molecule has 0 atom stereocenters. The molecule has 1 aromatic heterocycles. The van der Waals surface area contributed by atoms with E-state index in [1.54, 1.807) is 12.1 Å². The lowest BCUT2D eigenvalue weighted by atomic mass is 10.1. The second kappa shape index (κ2) is 4.78. The zero-order valence-electron chi connectivity index (χ0n) is 9.64. The van der Waals surface area contributed by atoms with E-state index >= 15 is 0 Å². The van der Waals surface area contributed by atoms with Crippen molar-refractivity contribution >= 4 is 5.78 Å². The summed E-state index contributed by atoms with van der Waals surface area (Å²) in [6.07, 6.45) is 1.24. The normalized spacial score (nSPS) is 10.2. The molecular formula is C12H12N2O3. The van der Waals surface area contributed by atoms with Gasteiger partial charge in [0, 0.05) is 0 Å². The predicted octanol–water partition coefficient (Wildman–Crippen LogP) is 2.16. The molecule has 1 heterocycles. The van der Waals surface area contributed by atoms with E-state index in [4.69, 9.17) is 4.74 Å². The van der Waals surface area contributed by atoms with E-state index in [1.807, 2.05) is 13.0 Å². The van der Waals surface area contributed by atoms with Crippen molar-refractivity contribution in [2.45, 2.75) is 20.5 Å². The number of nitrogens with zero attached hydrogens (tertiary/aromatic N) is 2. The van der Waals surface area contributed by atoms with Crippen molar-refractivity contribution in [3.63, 3.8) is 0 Å². The highest BCUT2D eigenvalue weighted by Gasteiger charge is 2.09. The molecule has 0 unspecified atom stereocenters. The molecule has 88 valence electrons. The van der Waals surface area contributed by atoms with Crippen LogP contribution in [0.2, 0.25) is 0 Å². The lowest BCUT2D eigenvalue weighted by Crippen LogP contribution is -2.03. The van der Waals surface area contributed by atoms with Crippen LogP contribution in [-0.4, -0.2) is 15.9 Å². The van der Waals surface area contributed by atoms with E-state index in [0.717, 1.165) is 5.56 Å². The Labute approximate surface area is 98.4 Å². The predicted molar refractivity (Wildman–Crippen MR) is 59.8 cm³/mol. The maximum absolute atomic E-state index is 11.4. The molecule has 0 fully saturated rings. The Morgan fingerprint density at radius 2 is 2.29 bits per heavy atom. The maximum Gasteiger partial charge on any atom is 0.213 e. The van der Waals surface area contributed by atoms with Crippen molar-refractivity contribution < 1.29 is 14.1 Å². The minimum absolute atomic E-state index is 0.0307. The first-order valence-corrected chi connectivity index (χ1v) is 5.16. The summed E-state index contributed by atoms with van der Waals surface area (Å²) in [6, 6.07) is 5.46. The Bertz CT molecular complexity index is 521. The van der Waals surface area contributed by atoms with Crippen LogP contribution in [0, 0.1) is 6.92 Å². The molecule has 5 nitrogen and oxygen atoms in total. The Balaban J connectivity index is 2.17. The van der Waals surface area contributed by atoms with Gasteiger partial charge in [-0.2, -0.15) is 4.98 Å². The number of benzene rings is 1. The summed E-state index contributed by atoms with van der Waals surface area (Å²) in [5, 5.41) is 3.63. The Hall–Kier alpha value is -2.17. The third-order valence-electron chi connectivity index (χ3n) is 2.28. The molecule has 0 aliphatic heterocycles. The number of ketones is 1. The van der Waals surface area contributed by atoms with Gasteiger partial charge in [0.25, 0.3) is 0 Å². The molecule has 0 aliphatic carbocycles. The topological polar surface area (TPSA) is 65.2 Å². The van der Waals surface area contributed by atoms with Gasteiger partial charge in [-0.25, -0.2) is 0 Å². The third-order valence-corrected chi connectivity index (χ3v) is 2.28. The van der Waals surface area contributed by atoms with Crippen LogP contribution in [0.3, 0.4) is 0 Å². The number of hydrogen-bond donors (Lipinski definition) is 0. The number of hydrogen-bond acceptors (Lipinski definition) is 5. The van der Waals surface area contributed by atoms with Crippen molar-refractivity contribution in [2.75, 3.05) is 0 Å². The summed E-state index contributed by atoms with van der Waals surface area (Å²) >= 11 is 0. The van der Waals surface area contributed by atoms with E-state index in [0.29, 0.717) is 17.1 Å². The highest BCUT2D eigenvalue weighted by atomic mass is 16.5. The number of rotatable bonds is 4. The van der Waals surface area contributed by atoms with Gasteiger partial charge >= 0.3 is 0 Å². The van der Waals surface area contributed by atoms with E-state index in [9.17, 15) is 4.79 Å².